The van der Waals surface area contributed by atoms with Gasteiger partial charge in [-0.25, -0.2) is 12.8 Å². The van der Waals surface area contributed by atoms with Gasteiger partial charge in [0.15, 0.2) is 0 Å². The molecular formula is C18H25FN2O4S. The second kappa shape index (κ2) is 7.15. The van der Waals surface area contributed by atoms with Crippen LogP contribution in [0.2, 0.25) is 0 Å². The van der Waals surface area contributed by atoms with Crippen LogP contribution in [0.15, 0.2) is 24.3 Å². The van der Waals surface area contributed by atoms with Crippen molar-refractivity contribution in [3.8, 4) is 0 Å². The zero-order valence-corrected chi connectivity index (χ0v) is 15.7. The van der Waals surface area contributed by atoms with E-state index >= 15 is 0 Å². The van der Waals surface area contributed by atoms with Crippen molar-refractivity contribution in [3.05, 3.63) is 30.1 Å². The van der Waals surface area contributed by atoms with Gasteiger partial charge in [-0.3, -0.25) is 9.10 Å². The lowest BCUT2D eigenvalue weighted by molar-refractivity contribution is -0.134. The molecule has 1 aromatic rings. The lowest BCUT2D eigenvalue weighted by atomic mass is 9.76. The van der Waals surface area contributed by atoms with Gasteiger partial charge in [-0.2, -0.15) is 0 Å². The topological polar surface area (TPSA) is 77.9 Å². The first kappa shape index (κ1) is 19.1. The largest absolute Gasteiger partial charge is 0.392 e. The number of piperidine rings is 1. The summed E-state index contributed by atoms with van der Waals surface area (Å²) < 4.78 is 38.8. The maximum atomic E-state index is 13.5. The van der Waals surface area contributed by atoms with Crippen molar-refractivity contribution in [1.82, 2.24) is 4.90 Å². The average Bonchev–Trinajstić information content (AvgIpc) is 2.91. The molecule has 6 nitrogen and oxygen atoms in total. The number of hydrogen-bond donors (Lipinski definition) is 1. The van der Waals surface area contributed by atoms with Gasteiger partial charge in [-0.1, -0.05) is 12.5 Å². The molecule has 2 atom stereocenters. The fourth-order valence-corrected chi connectivity index (χ4v) is 5.06. The molecule has 1 aliphatic carbocycles. The van der Waals surface area contributed by atoms with Crippen LogP contribution in [0.4, 0.5) is 10.1 Å². The van der Waals surface area contributed by atoms with Crippen LogP contribution < -0.4 is 4.31 Å². The molecule has 1 spiro atoms. The van der Waals surface area contributed by atoms with Crippen LogP contribution in [0.25, 0.3) is 0 Å². The average molecular weight is 384 g/mol. The summed E-state index contributed by atoms with van der Waals surface area (Å²) in [5, 5.41) is 10.3. The quantitative estimate of drug-likeness (QED) is 0.858. The zero-order chi connectivity index (χ0) is 18.9. The molecule has 1 heterocycles. The third-order valence-electron chi connectivity index (χ3n) is 5.60. The highest BCUT2D eigenvalue weighted by molar-refractivity contribution is 7.92. The van der Waals surface area contributed by atoms with E-state index in [1.807, 2.05) is 0 Å². The van der Waals surface area contributed by atoms with E-state index in [9.17, 15) is 22.7 Å². The van der Waals surface area contributed by atoms with Crippen molar-refractivity contribution < 1.29 is 22.7 Å². The number of hydrogen-bond acceptors (Lipinski definition) is 4. The van der Waals surface area contributed by atoms with Gasteiger partial charge in [0.1, 0.15) is 12.4 Å². The van der Waals surface area contributed by atoms with Crippen molar-refractivity contribution in [2.24, 2.45) is 5.41 Å². The summed E-state index contributed by atoms with van der Waals surface area (Å²) in [5.41, 5.74) is -0.128. The number of benzene rings is 1. The SMILES string of the molecule is CS(=O)(=O)N(CC(=O)N1CCC[C@]2(CCCC2O)C1)c1cccc(F)c1. The number of carbonyl (C=O) groups excluding carboxylic acids is 1. The van der Waals surface area contributed by atoms with Crippen LogP contribution in [0.5, 0.6) is 0 Å². The summed E-state index contributed by atoms with van der Waals surface area (Å²) in [6.45, 7) is 0.635. The van der Waals surface area contributed by atoms with Gasteiger partial charge in [-0.05, 0) is 43.9 Å². The van der Waals surface area contributed by atoms with Crippen LogP contribution in [0.3, 0.4) is 0 Å². The van der Waals surface area contributed by atoms with E-state index in [4.69, 9.17) is 0 Å². The predicted molar refractivity (Wildman–Crippen MR) is 96.7 cm³/mol. The normalized spacial score (nSPS) is 26.3. The number of nitrogens with zero attached hydrogens (tertiary/aromatic N) is 2. The Hall–Kier alpha value is -1.67. The molecule has 0 bridgehead atoms. The van der Waals surface area contributed by atoms with Crippen molar-refractivity contribution in [3.63, 3.8) is 0 Å². The van der Waals surface area contributed by atoms with Gasteiger partial charge in [0, 0.05) is 18.5 Å². The molecule has 0 aromatic heterocycles. The summed E-state index contributed by atoms with van der Waals surface area (Å²) in [5.74, 6) is -0.882. The molecule has 2 aliphatic rings. The second-order valence-electron chi connectivity index (χ2n) is 7.44. The minimum atomic E-state index is -3.74. The summed E-state index contributed by atoms with van der Waals surface area (Å²) >= 11 is 0. The van der Waals surface area contributed by atoms with E-state index in [0.717, 1.165) is 48.7 Å². The Bertz CT molecular complexity index is 785. The highest BCUT2D eigenvalue weighted by Gasteiger charge is 2.45. The van der Waals surface area contributed by atoms with E-state index in [-0.39, 0.29) is 23.6 Å². The number of amides is 1. The van der Waals surface area contributed by atoms with E-state index in [1.165, 1.54) is 18.2 Å². The molecule has 1 unspecified atom stereocenters. The van der Waals surface area contributed by atoms with Crippen LogP contribution in [-0.4, -0.2) is 56.3 Å². The summed E-state index contributed by atoms with van der Waals surface area (Å²) in [6, 6.07) is 5.21. The Balaban J connectivity index is 1.78. The van der Waals surface area contributed by atoms with E-state index in [0.29, 0.717) is 13.1 Å². The van der Waals surface area contributed by atoms with E-state index < -0.39 is 21.9 Å². The molecule has 8 heteroatoms. The summed E-state index contributed by atoms with van der Waals surface area (Å²) in [7, 11) is -3.74. The minimum absolute atomic E-state index is 0.133. The number of anilines is 1. The molecular weight excluding hydrogens is 359 g/mol. The maximum Gasteiger partial charge on any atom is 0.243 e. The Morgan fingerprint density at radius 1 is 1.38 bits per heavy atom. The molecule has 3 rings (SSSR count). The third-order valence-corrected chi connectivity index (χ3v) is 6.74. The fraction of sp³-hybridized carbons (Fsp3) is 0.611. The Kier molecular flexibility index (Phi) is 5.25. The molecule has 1 amide bonds. The molecule has 1 saturated heterocycles. The van der Waals surface area contributed by atoms with Crippen molar-refractivity contribution in [1.29, 1.82) is 0 Å². The molecule has 1 saturated carbocycles. The van der Waals surface area contributed by atoms with Crippen LogP contribution >= 0.6 is 0 Å². The van der Waals surface area contributed by atoms with Crippen molar-refractivity contribution in [2.45, 2.75) is 38.2 Å². The second-order valence-corrected chi connectivity index (χ2v) is 9.35. The Morgan fingerprint density at radius 3 is 2.73 bits per heavy atom. The Labute approximate surface area is 153 Å². The monoisotopic (exact) mass is 384 g/mol. The molecule has 144 valence electrons. The lowest BCUT2D eigenvalue weighted by Crippen LogP contribution is -2.52. The molecule has 26 heavy (non-hydrogen) atoms. The fourth-order valence-electron chi connectivity index (χ4n) is 4.22. The Morgan fingerprint density at radius 2 is 2.12 bits per heavy atom. The van der Waals surface area contributed by atoms with Gasteiger partial charge in [0.05, 0.1) is 18.0 Å². The molecule has 1 aliphatic heterocycles. The smallest absolute Gasteiger partial charge is 0.243 e. The van der Waals surface area contributed by atoms with Gasteiger partial charge in [-0.15, -0.1) is 0 Å². The third kappa shape index (κ3) is 3.86. The molecule has 0 radical (unpaired) electrons. The maximum absolute atomic E-state index is 13.5. The first-order chi connectivity index (χ1) is 12.2. The standard InChI is InChI=1S/C18H25FN2O4S/c1-26(24,25)21(15-6-2-5-14(19)11-15)12-17(23)20-10-4-9-18(13-20)8-3-7-16(18)22/h2,5-6,11,16,22H,3-4,7-10,12-13H2,1H3/t16?,18-/m1/s1. The molecule has 1 aromatic carbocycles. The van der Waals surface area contributed by atoms with Crippen molar-refractivity contribution in [2.75, 3.05) is 30.2 Å². The first-order valence-electron chi connectivity index (χ1n) is 8.90. The molecule has 2 fully saturated rings. The number of aliphatic hydroxyl groups is 1. The van der Waals surface area contributed by atoms with Crippen LogP contribution in [-0.2, 0) is 14.8 Å². The first-order valence-corrected chi connectivity index (χ1v) is 10.8. The minimum Gasteiger partial charge on any atom is -0.392 e. The van der Waals surface area contributed by atoms with Crippen molar-refractivity contribution >= 4 is 21.6 Å². The van der Waals surface area contributed by atoms with Gasteiger partial charge >= 0.3 is 0 Å². The summed E-state index contributed by atoms with van der Waals surface area (Å²) in [6.07, 6.45) is 4.86. The van der Waals surface area contributed by atoms with Crippen LogP contribution in [0, 0.1) is 11.2 Å². The molecule has 1 N–H and O–H groups in total. The van der Waals surface area contributed by atoms with Gasteiger partial charge < -0.3 is 10.0 Å². The highest BCUT2D eigenvalue weighted by atomic mass is 32.2. The van der Waals surface area contributed by atoms with Gasteiger partial charge in [0.2, 0.25) is 15.9 Å². The van der Waals surface area contributed by atoms with Crippen LogP contribution in [0.1, 0.15) is 32.1 Å². The highest BCUT2D eigenvalue weighted by Crippen LogP contribution is 2.45. The number of halogens is 1. The summed E-state index contributed by atoms with van der Waals surface area (Å²) in [4.78, 5) is 14.5. The zero-order valence-electron chi connectivity index (χ0n) is 14.9. The number of likely N-dealkylation sites (tertiary alicyclic amines) is 1. The lowest BCUT2D eigenvalue weighted by Gasteiger charge is -2.43. The van der Waals surface area contributed by atoms with E-state index in [1.54, 1.807) is 4.90 Å². The number of rotatable bonds is 4. The number of aliphatic hydroxyl groups excluding tert-OH is 1. The van der Waals surface area contributed by atoms with E-state index in [2.05, 4.69) is 0 Å². The van der Waals surface area contributed by atoms with Gasteiger partial charge in [0.25, 0.3) is 0 Å². The number of sulfonamides is 1. The predicted octanol–water partition coefficient (Wildman–Crippen LogP) is 1.75. The number of carbonyl (C=O) groups is 1.